The average Bonchev–Trinajstić information content (AvgIpc) is 2.42. The number of benzene rings is 1. The van der Waals surface area contributed by atoms with Gasteiger partial charge in [0.15, 0.2) is 0 Å². The monoisotopic (exact) mass is 277 g/mol. The second-order valence-corrected chi connectivity index (χ2v) is 5.77. The molecule has 0 fully saturated rings. The highest BCUT2D eigenvalue weighted by Crippen LogP contribution is 2.23. The van der Waals surface area contributed by atoms with Crippen LogP contribution >= 0.6 is 0 Å². The van der Waals surface area contributed by atoms with E-state index in [2.05, 4.69) is 19.9 Å². The van der Waals surface area contributed by atoms with Gasteiger partial charge in [0.2, 0.25) is 0 Å². The van der Waals surface area contributed by atoms with Crippen molar-refractivity contribution in [2.45, 2.75) is 32.9 Å². The van der Waals surface area contributed by atoms with Crippen LogP contribution in [-0.4, -0.2) is 41.8 Å². The van der Waals surface area contributed by atoms with Gasteiger partial charge >= 0.3 is 5.97 Å². The minimum absolute atomic E-state index is 0.437. The van der Waals surface area contributed by atoms with Gasteiger partial charge in [-0.25, -0.2) is 0 Å². The van der Waals surface area contributed by atoms with E-state index < -0.39 is 12.0 Å². The Hall–Kier alpha value is -1.39. The smallest absolute Gasteiger partial charge is 0.321 e. The second-order valence-electron chi connectivity index (χ2n) is 5.77. The zero-order valence-corrected chi connectivity index (χ0v) is 12.2. The third-order valence-corrected chi connectivity index (χ3v) is 3.60. The van der Waals surface area contributed by atoms with Crippen molar-refractivity contribution in [2.24, 2.45) is 5.92 Å². The van der Waals surface area contributed by atoms with Crippen molar-refractivity contribution in [3.8, 4) is 0 Å². The Bertz CT molecular complexity index is 459. The summed E-state index contributed by atoms with van der Waals surface area (Å²) < 4.78 is 5.58. The number of aliphatic carboxylic acids is 1. The van der Waals surface area contributed by atoms with Crippen LogP contribution in [0.4, 0.5) is 0 Å². The van der Waals surface area contributed by atoms with Crippen LogP contribution in [0, 0.1) is 5.92 Å². The van der Waals surface area contributed by atoms with Crippen LogP contribution in [0.5, 0.6) is 0 Å². The molecule has 1 aromatic carbocycles. The summed E-state index contributed by atoms with van der Waals surface area (Å²) >= 11 is 0. The van der Waals surface area contributed by atoms with Crippen molar-refractivity contribution < 1.29 is 14.6 Å². The average molecular weight is 277 g/mol. The largest absolute Gasteiger partial charge is 0.480 e. The molecule has 1 N–H and O–H groups in total. The fraction of sp³-hybridized carbons (Fsp3) is 0.562. The normalized spacial score (nSPS) is 19.1. The molecule has 0 spiro atoms. The maximum absolute atomic E-state index is 11.4. The van der Waals surface area contributed by atoms with E-state index in [0.717, 1.165) is 12.2 Å². The molecule has 110 valence electrons. The molecule has 0 saturated heterocycles. The number of ether oxygens (including phenoxy) is 1. The van der Waals surface area contributed by atoms with Crippen LogP contribution < -0.4 is 0 Å². The lowest BCUT2D eigenvalue weighted by atomic mass is 9.94. The molecule has 1 aromatic rings. The van der Waals surface area contributed by atoms with Crippen molar-refractivity contribution >= 4 is 5.97 Å². The number of fused-ring (bicyclic) bond motifs is 1. The topological polar surface area (TPSA) is 49.8 Å². The van der Waals surface area contributed by atoms with Crippen LogP contribution in [-0.2, 0) is 22.5 Å². The van der Waals surface area contributed by atoms with Gasteiger partial charge in [0, 0.05) is 19.7 Å². The van der Waals surface area contributed by atoms with Crippen LogP contribution in [0.1, 0.15) is 25.0 Å². The Balaban J connectivity index is 1.97. The molecule has 0 aromatic heterocycles. The van der Waals surface area contributed by atoms with E-state index in [-0.39, 0.29) is 0 Å². The summed E-state index contributed by atoms with van der Waals surface area (Å²) in [6, 6.07) is 7.65. The number of hydrogen-bond donors (Lipinski definition) is 1. The predicted octanol–water partition coefficient (Wildman–Crippen LogP) is 2.17. The lowest BCUT2D eigenvalue weighted by molar-refractivity contribution is -0.144. The molecule has 1 aliphatic heterocycles. The van der Waals surface area contributed by atoms with Gasteiger partial charge in [-0.15, -0.1) is 0 Å². The van der Waals surface area contributed by atoms with Crippen molar-refractivity contribution in [3.63, 3.8) is 0 Å². The molecule has 2 rings (SSSR count). The standard InChI is InChI=1S/C16H23NO3/c1-12(2)11-20-8-7-17-10-14-6-4-3-5-13(14)9-15(17)16(18)19/h3-6,12,15H,7-11H2,1-2H3,(H,18,19). The number of hydrogen-bond acceptors (Lipinski definition) is 3. The Morgan fingerprint density at radius 3 is 2.75 bits per heavy atom. The molecule has 1 unspecified atom stereocenters. The minimum atomic E-state index is -0.747. The first-order valence-electron chi connectivity index (χ1n) is 7.19. The summed E-state index contributed by atoms with van der Waals surface area (Å²) in [6.45, 7) is 6.89. The van der Waals surface area contributed by atoms with E-state index in [1.165, 1.54) is 5.56 Å². The molecule has 1 heterocycles. The molecular formula is C16H23NO3. The number of carboxylic acids is 1. The summed E-state index contributed by atoms with van der Waals surface area (Å²) in [5.41, 5.74) is 2.38. The maximum atomic E-state index is 11.4. The van der Waals surface area contributed by atoms with Crippen molar-refractivity contribution in [3.05, 3.63) is 35.4 Å². The van der Waals surface area contributed by atoms with E-state index in [1.54, 1.807) is 0 Å². The van der Waals surface area contributed by atoms with Crippen molar-refractivity contribution in [2.75, 3.05) is 19.8 Å². The third-order valence-electron chi connectivity index (χ3n) is 3.60. The van der Waals surface area contributed by atoms with E-state index in [4.69, 9.17) is 4.74 Å². The van der Waals surface area contributed by atoms with Crippen LogP contribution in [0.25, 0.3) is 0 Å². The number of carboxylic acid groups (broad SMARTS) is 1. The Kier molecular flexibility index (Phi) is 5.15. The highest BCUT2D eigenvalue weighted by Gasteiger charge is 2.30. The second kappa shape index (κ2) is 6.86. The highest BCUT2D eigenvalue weighted by molar-refractivity contribution is 5.74. The molecule has 1 aliphatic rings. The molecular weight excluding hydrogens is 254 g/mol. The minimum Gasteiger partial charge on any atom is -0.480 e. The summed E-state index contributed by atoms with van der Waals surface area (Å²) in [4.78, 5) is 13.4. The van der Waals surface area contributed by atoms with Gasteiger partial charge in [-0.05, 0) is 23.5 Å². The number of rotatable bonds is 6. The van der Waals surface area contributed by atoms with Crippen molar-refractivity contribution in [1.82, 2.24) is 4.90 Å². The Morgan fingerprint density at radius 2 is 2.10 bits per heavy atom. The summed E-state index contributed by atoms with van der Waals surface area (Å²) in [5.74, 6) is -0.240. The Labute approximate surface area is 120 Å². The fourth-order valence-corrected chi connectivity index (χ4v) is 2.56. The summed E-state index contributed by atoms with van der Waals surface area (Å²) in [6.07, 6.45) is 0.579. The van der Waals surface area contributed by atoms with E-state index >= 15 is 0 Å². The van der Waals surface area contributed by atoms with Gasteiger partial charge in [-0.3, -0.25) is 9.69 Å². The van der Waals surface area contributed by atoms with Gasteiger partial charge < -0.3 is 9.84 Å². The first-order valence-corrected chi connectivity index (χ1v) is 7.19. The van der Waals surface area contributed by atoms with E-state index in [0.29, 0.717) is 32.0 Å². The van der Waals surface area contributed by atoms with Crippen molar-refractivity contribution in [1.29, 1.82) is 0 Å². The molecule has 4 heteroatoms. The molecule has 0 radical (unpaired) electrons. The van der Waals surface area contributed by atoms with E-state index in [1.807, 2.05) is 23.1 Å². The lowest BCUT2D eigenvalue weighted by Crippen LogP contribution is -2.46. The van der Waals surface area contributed by atoms with E-state index in [9.17, 15) is 9.90 Å². The van der Waals surface area contributed by atoms with Gasteiger partial charge in [0.1, 0.15) is 6.04 Å². The van der Waals surface area contributed by atoms with Gasteiger partial charge in [-0.1, -0.05) is 38.1 Å². The predicted molar refractivity (Wildman–Crippen MR) is 77.6 cm³/mol. The maximum Gasteiger partial charge on any atom is 0.321 e. The van der Waals surface area contributed by atoms with Crippen LogP contribution in [0.2, 0.25) is 0 Å². The third kappa shape index (κ3) is 3.81. The molecule has 0 aliphatic carbocycles. The van der Waals surface area contributed by atoms with Gasteiger partial charge in [-0.2, -0.15) is 0 Å². The zero-order valence-electron chi connectivity index (χ0n) is 12.2. The summed E-state index contributed by atoms with van der Waals surface area (Å²) in [7, 11) is 0. The highest BCUT2D eigenvalue weighted by atomic mass is 16.5. The summed E-state index contributed by atoms with van der Waals surface area (Å²) in [5, 5.41) is 9.40. The van der Waals surface area contributed by atoms with Gasteiger partial charge in [0.05, 0.1) is 6.61 Å². The lowest BCUT2D eigenvalue weighted by Gasteiger charge is -2.34. The van der Waals surface area contributed by atoms with Gasteiger partial charge in [0.25, 0.3) is 0 Å². The number of nitrogens with zero attached hydrogens (tertiary/aromatic N) is 1. The quantitative estimate of drug-likeness (QED) is 0.810. The SMILES string of the molecule is CC(C)COCCN1Cc2ccccc2CC1C(=O)O. The molecule has 0 amide bonds. The van der Waals surface area contributed by atoms with Crippen LogP contribution in [0.15, 0.2) is 24.3 Å². The zero-order chi connectivity index (χ0) is 14.5. The Morgan fingerprint density at radius 1 is 1.40 bits per heavy atom. The first-order chi connectivity index (χ1) is 9.58. The van der Waals surface area contributed by atoms with Crippen LogP contribution in [0.3, 0.4) is 0 Å². The fourth-order valence-electron chi connectivity index (χ4n) is 2.56. The molecule has 0 bridgehead atoms. The number of carbonyl (C=O) groups is 1. The molecule has 20 heavy (non-hydrogen) atoms. The molecule has 1 atom stereocenters. The molecule has 4 nitrogen and oxygen atoms in total. The first kappa shape index (κ1) is 15.0. The molecule has 0 saturated carbocycles.